The molecule has 86 valence electrons. The minimum atomic E-state index is -0.257. The van der Waals surface area contributed by atoms with E-state index in [0.29, 0.717) is 11.4 Å². The number of aromatic nitrogens is 3. The number of halogens is 1. The summed E-state index contributed by atoms with van der Waals surface area (Å²) in [5, 5.41) is 10.3. The van der Waals surface area contributed by atoms with Gasteiger partial charge < -0.3 is 5.32 Å². The molecule has 0 atom stereocenters. The van der Waals surface area contributed by atoms with Gasteiger partial charge in [-0.3, -0.25) is 9.78 Å². The quantitative estimate of drug-likeness (QED) is 0.884. The van der Waals surface area contributed by atoms with E-state index in [2.05, 4.69) is 20.5 Å². The van der Waals surface area contributed by atoms with Crippen molar-refractivity contribution in [2.75, 3.05) is 5.32 Å². The fourth-order valence-corrected chi connectivity index (χ4v) is 1.36. The number of hydrogen-bond donors (Lipinski definition) is 1. The molecule has 0 bridgehead atoms. The molecule has 1 N–H and O–H groups in total. The summed E-state index contributed by atoms with van der Waals surface area (Å²) in [7, 11) is 0. The molecule has 2 aromatic heterocycles. The first-order valence-electron chi connectivity index (χ1n) is 4.88. The summed E-state index contributed by atoms with van der Waals surface area (Å²) < 4.78 is 0. The highest BCUT2D eigenvalue weighted by atomic mass is 35.5. The minimum Gasteiger partial charge on any atom is -0.305 e. The molecule has 0 spiro atoms. The van der Waals surface area contributed by atoms with Crippen LogP contribution in [0.4, 0.5) is 5.82 Å². The zero-order valence-electron chi connectivity index (χ0n) is 9.01. The SMILES string of the molecule is Cc1cc(C(=O)Nc2ccc(Cl)nn2)ccn1. The fraction of sp³-hybridized carbons (Fsp3) is 0.0909. The summed E-state index contributed by atoms with van der Waals surface area (Å²) in [5.74, 6) is 0.0981. The Bertz CT molecular complexity index is 541. The molecule has 0 unspecified atom stereocenters. The highest BCUT2D eigenvalue weighted by Crippen LogP contribution is 2.08. The Morgan fingerprint density at radius 3 is 2.76 bits per heavy atom. The van der Waals surface area contributed by atoms with E-state index in [1.54, 1.807) is 30.5 Å². The maximum atomic E-state index is 11.8. The highest BCUT2D eigenvalue weighted by Gasteiger charge is 2.07. The molecule has 6 heteroatoms. The zero-order valence-corrected chi connectivity index (χ0v) is 9.77. The first-order valence-corrected chi connectivity index (χ1v) is 5.26. The number of hydrogen-bond acceptors (Lipinski definition) is 4. The van der Waals surface area contributed by atoms with Crippen molar-refractivity contribution in [3.05, 3.63) is 46.9 Å². The van der Waals surface area contributed by atoms with Crippen LogP contribution in [-0.4, -0.2) is 21.1 Å². The van der Waals surface area contributed by atoms with Gasteiger partial charge in [-0.2, -0.15) is 0 Å². The predicted molar refractivity (Wildman–Crippen MR) is 64.0 cm³/mol. The van der Waals surface area contributed by atoms with E-state index in [1.807, 2.05) is 6.92 Å². The largest absolute Gasteiger partial charge is 0.305 e. The summed E-state index contributed by atoms with van der Waals surface area (Å²) in [4.78, 5) is 15.8. The summed E-state index contributed by atoms with van der Waals surface area (Å²) in [6, 6.07) is 6.47. The molecular weight excluding hydrogens is 240 g/mol. The lowest BCUT2D eigenvalue weighted by Crippen LogP contribution is -2.13. The number of carbonyl (C=O) groups is 1. The van der Waals surface area contributed by atoms with Crippen LogP contribution in [0, 0.1) is 6.92 Å². The number of nitrogens with zero attached hydrogens (tertiary/aromatic N) is 3. The van der Waals surface area contributed by atoms with Crippen molar-refractivity contribution >= 4 is 23.3 Å². The van der Waals surface area contributed by atoms with Gasteiger partial charge in [0.2, 0.25) is 0 Å². The number of aryl methyl sites for hydroxylation is 1. The van der Waals surface area contributed by atoms with Crippen LogP contribution in [0.1, 0.15) is 16.1 Å². The Balaban J connectivity index is 2.14. The van der Waals surface area contributed by atoms with Gasteiger partial charge in [0.05, 0.1) is 0 Å². The number of pyridine rings is 1. The average Bonchev–Trinajstić information content (AvgIpc) is 2.32. The summed E-state index contributed by atoms with van der Waals surface area (Å²) in [6.07, 6.45) is 1.58. The van der Waals surface area contributed by atoms with Crippen molar-refractivity contribution in [3.8, 4) is 0 Å². The molecule has 0 aromatic carbocycles. The van der Waals surface area contributed by atoms with Crippen molar-refractivity contribution in [1.82, 2.24) is 15.2 Å². The molecule has 0 saturated carbocycles. The molecule has 0 aliphatic carbocycles. The van der Waals surface area contributed by atoms with Crippen LogP contribution >= 0.6 is 11.6 Å². The van der Waals surface area contributed by atoms with E-state index in [9.17, 15) is 4.79 Å². The maximum Gasteiger partial charge on any atom is 0.256 e. The third-order valence-corrected chi connectivity index (χ3v) is 2.23. The van der Waals surface area contributed by atoms with E-state index in [0.717, 1.165) is 5.69 Å². The van der Waals surface area contributed by atoms with Crippen molar-refractivity contribution in [1.29, 1.82) is 0 Å². The van der Waals surface area contributed by atoms with Gasteiger partial charge in [0.1, 0.15) is 0 Å². The van der Waals surface area contributed by atoms with Gasteiger partial charge in [0.15, 0.2) is 11.0 Å². The first kappa shape index (κ1) is 11.5. The molecule has 0 saturated heterocycles. The van der Waals surface area contributed by atoms with Gasteiger partial charge in [0.25, 0.3) is 5.91 Å². The minimum absolute atomic E-state index is 0.257. The lowest BCUT2D eigenvalue weighted by Gasteiger charge is -2.03. The van der Waals surface area contributed by atoms with Gasteiger partial charge in [-0.05, 0) is 31.2 Å². The first-order chi connectivity index (χ1) is 8.15. The molecule has 0 aliphatic heterocycles. The van der Waals surface area contributed by atoms with Crippen LogP contribution in [0.3, 0.4) is 0 Å². The molecule has 5 nitrogen and oxygen atoms in total. The third-order valence-electron chi connectivity index (χ3n) is 2.03. The summed E-state index contributed by atoms with van der Waals surface area (Å²) >= 11 is 5.59. The van der Waals surface area contributed by atoms with E-state index in [4.69, 9.17) is 11.6 Å². The molecule has 0 radical (unpaired) electrons. The monoisotopic (exact) mass is 248 g/mol. The Hall–Kier alpha value is -2.01. The van der Waals surface area contributed by atoms with Crippen LogP contribution in [0.5, 0.6) is 0 Å². The van der Waals surface area contributed by atoms with Gasteiger partial charge in [-0.1, -0.05) is 11.6 Å². The molecule has 0 aliphatic rings. The average molecular weight is 249 g/mol. The lowest BCUT2D eigenvalue weighted by atomic mass is 10.2. The maximum absolute atomic E-state index is 11.8. The highest BCUT2D eigenvalue weighted by molar-refractivity contribution is 6.29. The number of anilines is 1. The van der Waals surface area contributed by atoms with Gasteiger partial charge in [-0.15, -0.1) is 10.2 Å². The van der Waals surface area contributed by atoms with Crippen LogP contribution in [-0.2, 0) is 0 Å². The predicted octanol–water partition coefficient (Wildman–Crippen LogP) is 2.09. The second-order valence-corrected chi connectivity index (χ2v) is 3.77. The topological polar surface area (TPSA) is 67.8 Å². The molecule has 2 aromatic rings. The molecular formula is C11H9ClN4O. The standard InChI is InChI=1S/C11H9ClN4O/c1-7-6-8(4-5-13-7)11(17)14-10-3-2-9(12)15-16-10/h2-6H,1H3,(H,14,16,17). The van der Waals surface area contributed by atoms with Crippen LogP contribution < -0.4 is 5.32 Å². The van der Waals surface area contributed by atoms with Gasteiger partial charge in [-0.25, -0.2) is 0 Å². The Morgan fingerprint density at radius 2 is 2.12 bits per heavy atom. The van der Waals surface area contributed by atoms with Crippen LogP contribution in [0.15, 0.2) is 30.5 Å². The van der Waals surface area contributed by atoms with Gasteiger partial charge >= 0.3 is 0 Å². The molecule has 17 heavy (non-hydrogen) atoms. The number of carbonyl (C=O) groups excluding carboxylic acids is 1. The van der Waals surface area contributed by atoms with Crippen molar-refractivity contribution in [3.63, 3.8) is 0 Å². The van der Waals surface area contributed by atoms with E-state index >= 15 is 0 Å². The van der Waals surface area contributed by atoms with Gasteiger partial charge in [0, 0.05) is 17.5 Å². The third kappa shape index (κ3) is 2.98. The number of nitrogens with one attached hydrogen (secondary N) is 1. The summed E-state index contributed by atoms with van der Waals surface area (Å²) in [6.45, 7) is 1.82. The Kier molecular flexibility index (Phi) is 3.30. The normalized spacial score (nSPS) is 10.0. The summed E-state index contributed by atoms with van der Waals surface area (Å²) in [5.41, 5.74) is 1.30. The molecule has 1 amide bonds. The number of rotatable bonds is 2. The van der Waals surface area contributed by atoms with Crippen molar-refractivity contribution in [2.45, 2.75) is 6.92 Å². The van der Waals surface area contributed by atoms with Crippen molar-refractivity contribution < 1.29 is 4.79 Å². The number of amides is 1. The Labute approximate surface area is 103 Å². The van der Waals surface area contributed by atoms with Crippen LogP contribution in [0.2, 0.25) is 5.15 Å². The molecule has 2 heterocycles. The van der Waals surface area contributed by atoms with E-state index in [1.165, 1.54) is 0 Å². The lowest BCUT2D eigenvalue weighted by molar-refractivity contribution is 0.102. The van der Waals surface area contributed by atoms with E-state index in [-0.39, 0.29) is 11.1 Å². The fourth-order valence-electron chi connectivity index (χ4n) is 1.26. The Morgan fingerprint density at radius 1 is 1.29 bits per heavy atom. The van der Waals surface area contributed by atoms with Crippen LogP contribution in [0.25, 0.3) is 0 Å². The second-order valence-electron chi connectivity index (χ2n) is 3.38. The zero-order chi connectivity index (χ0) is 12.3. The molecule has 2 rings (SSSR count). The van der Waals surface area contributed by atoms with Crippen molar-refractivity contribution in [2.24, 2.45) is 0 Å². The van der Waals surface area contributed by atoms with E-state index < -0.39 is 0 Å². The smallest absolute Gasteiger partial charge is 0.256 e. The molecule has 0 fully saturated rings. The second kappa shape index (κ2) is 4.88.